The molecule has 6 heteroatoms. The Morgan fingerprint density at radius 1 is 1.17 bits per heavy atom. The van der Waals surface area contributed by atoms with Gasteiger partial charge in [0, 0.05) is 6.08 Å². The normalized spacial score (nSPS) is 10.6. The number of benzene rings is 1. The summed E-state index contributed by atoms with van der Waals surface area (Å²) in [4.78, 5) is 16.1. The molecular formula is C17H18N2O3S. The van der Waals surface area contributed by atoms with E-state index >= 15 is 0 Å². The summed E-state index contributed by atoms with van der Waals surface area (Å²) in [6, 6.07) is 9.12. The van der Waals surface area contributed by atoms with Crippen LogP contribution in [0, 0.1) is 0 Å². The Hall–Kier alpha value is -2.47. The molecule has 0 spiro atoms. The van der Waals surface area contributed by atoms with Gasteiger partial charge in [-0.3, -0.25) is 4.79 Å². The number of aromatic nitrogens is 1. The molecular weight excluding hydrogens is 312 g/mol. The van der Waals surface area contributed by atoms with Crippen molar-refractivity contribution in [3.63, 3.8) is 0 Å². The topological polar surface area (TPSA) is 60.5 Å². The summed E-state index contributed by atoms with van der Waals surface area (Å²) >= 11 is 1.55. The van der Waals surface area contributed by atoms with Crippen molar-refractivity contribution in [2.24, 2.45) is 0 Å². The molecule has 2 rings (SSSR count). The number of amides is 1. The molecule has 1 N–H and O–H groups in total. The lowest BCUT2D eigenvalue weighted by atomic mass is 10.2. The van der Waals surface area contributed by atoms with Crippen LogP contribution in [0.3, 0.4) is 0 Å². The van der Waals surface area contributed by atoms with Crippen molar-refractivity contribution in [3.8, 4) is 11.5 Å². The van der Waals surface area contributed by atoms with E-state index < -0.39 is 0 Å². The molecule has 5 nitrogen and oxygen atoms in total. The second-order valence-corrected chi connectivity index (χ2v) is 5.35. The van der Waals surface area contributed by atoms with Crippen LogP contribution in [0.5, 0.6) is 11.5 Å². The standard InChI is InChI=1S/C17H18N2O3S/c1-21-14-7-4-12(10-15(14)22-2)5-8-16(20)19-13-6-9-17(23-3)18-11-13/h4-11H,1-3H3,(H,19,20)/b8-5+. The number of hydrogen-bond acceptors (Lipinski definition) is 5. The zero-order valence-corrected chi connectivity index (χ0v) is 14.0. The highest BCUT2D eigenvalue weighted by Crippen LogP contribution is 2.27. The first-order valence-corrected chi connectivity index (χ1v) is 8.10. The van der Waals surface area contributed by atoms with Gasteiger partial charge in [-0.05, 0) is 42.2 Å². The Morgan fingerprint density at radius 2 is 1.96 bits per heavy atom. The Labute approximate surface area is 139 Å². The lowest BCUT2D eigenvalue weighted by Gasteiger charge is -2.07. The molecule has 0 bridgehead atoms. The van der Waals surface area contributed by atoms with Crippen LogP contribution in [0.2, 0.25) is 0 Å². The van der Waals surface area contributed by atoms with Gasteiger partial charge in [0.25, 0.3) is 0 Å². The predicted octanol–water partition coefficient (Wildman–Crippen LogP) is 3.47. The summed E-state index contributed by atoms with van der Waals surface area (Å²) in [5.41, 5.74) is 1.50. The maximum absolute atomic E-state index is 11.9. The number of carbonyl (C=O) groups is 1. The molecule has 0 aliphatic carbocycles. The van der Waals surface area contributed by atoms with Crippen molar-refractivity contribution < 1.29 is 14.3 Å². The lowest BCUT2D eigenvalue weighted by Crippen LogP contribution is -2.07. The quantitative estimate of drug-likeness (QED) is 0.649. The minimum absolute atomic E-state index is 0.224. The fourth-order valence-electron chi connectivity index (χ4n) is 1.89. The first kappa shape index (κ1) is 16.9. The van der Waals surface area contributed by atoms with Gasteiger partial charge in [0.05, 0.1) is 31.1 Å². The number of rotatable bonds is 6. The first-order valence-electron chi connectivity index (χ1n) is 6.87. The Morgan fingerprint density at radius 3 is 2.57 bits per heavy atom. The van der Waals surface area contributed by atoms with Gasteiger partial charge >= 0.3 is 0 Å². The molecule has 1 amide bonds. The van der Waals surface area contributed by atoms with Crippen LogP contribution in [0.4, 0.5) is 5.69 Å². The SMILES string of the molecule is COc1ccc(/C=C/C(=O)Nc2ccc(SC)nc2)cc1OC. The molecule has 0 atom stereocenters. The number of hydrogen-bond donors (Lipinski definition) is 1. The fourth-order valence-corrected chi connectivity index (χ4v) is 2.25. The zero-order valence-electron chi connectivity index (χ0n) is 13.2. The highest BCUT2D eigenvalue weighted by molar-refractivity contribution is 7.98. The third-order valence-electron chi connectivity index (χ3n) is 3.05. The van der Waals surface area contributed by atoms with Crippen molar-refractivity contribution in [2.45, 2.75) is 5.03 Å². The molecule has 0 radical (unpaired) electrons. The van der Waals surface area contributed by atoms with E-state index in [2.05, 4.69) is 10.3 Å². The summed E-state index contributed by atoms with van der Waals surface area (Å²) in [7, 11) is 3.15. The molecule has 1 aromatic carbocycles. The van der Waals surface area contributed by atoms with Crippen LogP contribution in [0.25, 0.3) is 6.08 Å². The van der Waals surface area contributed by atoms with Crippen molar-refractivity contribution >= 4 is 29.4 Å². The Kier molecular flexibility index (Phi) is 6.05. The number of carbonyl (C=O) groups excluding carboxylic acids is 1. The average molecular weight is 330 g/mol. The van der Waals surface area contributed by atoms with E-state index in [-0.39, 0.29) is 5.91 Å². The van der Waals surface area contributed by atoms with Gasteiger partial charge in [-0.1, -0.05) is 6.07 Å². The van der Waals surface area contributed by atoms with Gasteiger partial charge in [-0.15, -0.1) is 11.8 Å². The highest BCUT2D eigenvalue weighted by Gasteiger charge is 2.03. The van der Waals surface area contributed by atoms with Crippen LogP contribution >= 0.6 is 11.8 Å². The van der Waals surface area contributed by atoms with Crippen molar-refractivity contribution in [3.05, 3.63) is 48.2 Å². The van der Waals surface area contributed by atoms with Gasteiger partial charge in [-0.25, -0.2) is 4.98 Å². The molecule has 23 heavy (non-hydrogen) atoms. The molecule has 2 aromatic rings. The van der Waals surface area contributed by atoms with E-state index in [0.717, 1.165) is 10.6 Å². The maximum Gasteiger partial charge on any atom is 0.248 e. The molecule has 0 aliphatic heterocycles. The smallest absolute Gasteiger partial charge is 0.248 e. The van der Waals surface area contributed by atoms with E-state index in [1.165, 1.54) is 6.08 Å². The van der Waals surface area contributed by atoms with Gasteiger partial charge < -0.3 is 14.8 Å². The molecule has 1 heterocycles. The number of thioether (sulfide) groups is 1. The number of methoxy groups -OCH3 is 2. The molecule has 1 aromatic heterocycles. The molecule has 0 saturated carbocycles. The number of nitrogens with zero attached hydrogens (tertiary/aromatic N) is 1. The lowest BCUT2D eigenvalue weighted by molar-refractivity contribution is -0.111. The summed E-state index contributed by atoms with van der Waals surface area (Å²) < 4.78 is 10.4. The Balaban J connectivity index is 2.02. The minimum Gasteiger partial charge on any atom is -0.493 e. The predicted molar refractivity (Wildman–Crippen MR) is 93.2 cm³/mol. The zero-order chi connectivity index (χ0) is 16.7. The molecule has 0 unspecified atom stereocenters. The monoisotopic (exact) mass is 330 g/mol. The first-order chi connectivity index (χ1) is 11.2. The number of anilines is 1. The van der Waals surface area contributed by atoms with E-state index in [4.69, 9.17) is 9.47 Å². The summed E-state index contributed by atoms with van der Waals surface area (Å²) in [6.45, 7) is 0. The number of nitrogens with one attached hydrogen (secondary N) is 1. The van der Waals surface area contributed by atoms with E-state index in [9.17, 15) is 4.79 Å². The number of pyridine rings is 1. The van der Waals surface area contributed by atoms with Crippen molar-refractivity contribution in [1.82, 2.24) is 4.98 Å². The fraction of sp³-hybridized carbons (Fsp3) is 0.176. The molecule has 120 valence electrons. The largest absolute Gasteiger partial charge is 0.493 e. The molecule has 0 fully saturated rings. The van der Waals surface area contributed by atoms with Crippen LogP contribution < -0.4 is 14.8 Å². The average Bonchev–Trinajstić information content (AvgIpc) is 2.60. The highest BCUT2D eigenvalue weighted by atomic mass is 32.2. The summed E-state index contributed by atoms with van der Waals surface area (Å²) in [5.74, 6) is 1.04. The van der Waals surface area contributed by atoms with Crippen molar-refractivity contribution in [2.75, 3.05) is 25.8 Å². The van der Waals surface area contributed by atoms with Gasteiger partial charge in [0.2, 0.25) is 5.91 Å². The van der Waals surface area contributed by atoms with Crippen LogP contribution in [0.1, 0.15) is 5.56 Å². The third kappa shape index (κ3) is 4.75. The Bertz CT molecular complexity index is 699. The minimum atomic E-state index is -0.224. The molecule has 0 saturated heterocycles. The van der Waals surface area contributed by atoms with Gasteiger partial charge in [0.15, 0.2) is 11.5 Å². The van der Waals surface area contributed by atoms with E-state index in [1.54, 1.807) is 50.4 Å². The summed E-state index contributed by atoms with van der Waals surface area (Å²) in [6.07, 6.45) is 6.76. The maximum atomic E-state index is 11.9. The second kappa shape index (κ2) is 8.24. The van der Waals surface area contributed by atoms with Crippen molar-refractivity contribution in [1.29, 1.82) is 0 Å². The van der Waals surface area contributed by atoms with Crippen LogP contribution in [-0.4, -0.2) is 31.4 Å². The summed E-state index contributed by atoms with van der Waals surface area (Å²) in [5, 5.41) is 3.67. The van der Waals surface area contributed by atoms with Crippen LogP contribution in [-0.2, 0) is 4.79 Å². The number of ether oxygens (including phenoxy) is 2. The third-order valence-corrected chi connectivity index (χ3v) is 3.71. The van der Waals surface area contributed by atoms with Gasteiger partial charge in [0.1, 0.15) is 0 Å². The molecule has 0 aliphatic rings. The van der Waals surface area contributed by atoms with E-state index in [1.807, 2.05) is 24.5 Å². The van der Waals surface area contributed by atoms with E-state index in [0.29, 0.717) is 17.2 Å². The second-order valence-electron chi connectivity index (χ2n) is 4.53. The van der Waals surface area contributed by atoms with Gasteiger partial charge in [-0.2, -0.15) is 0 Å². The van der Waals surface area contributed by atoms with Crippen LogP contribution in [0.15, 0.2) is 47.6 Å².